The number of piperazine rings is 1. The highest BCUT2D eigenvalue weighted by molar-refractivity contribution is 6.39. The topological polar surface area (TPSA) is 95.1 Å². The van der Waals surface area contributed by atoms with Crippen LogP contribution in [0.2, 0.25) is 5.02 Å². The van der Waals surface area contributed by atoms with Gasteiger partial charge in [0.1, 0.15) is 17.8 Å². The van der Waals surface area contributed by atoms with Crippen LogP contribution in [0.4, 0.5) is 0 Å². The molecule has 166 valence electrons. The second kappa shape index (κ2) is 9.20. The molecule has 2 aliphatic rings. The number of pyridine rings is 1. The Morgan fingerprint density at radius 3 is 2.68 bits per heavy atom. The van der Waals surface area contributed by atoms with Crippen LogP contribution in [0.15, 0.2) is 47.4 Å². The van der Waals surface area contributed by atoms with Gasteiger partial charge in [0, 0.05) is 38.8 Å². The third-order valence-corrected chi connectivity index (χ3v) is 5.86. The van der Waals surface area contributed by atoms with E-state index in [1.165, 1.54) is 0 Å². The summed E-state index contributed by atoms with van der Waals surface area (Å²) in [5, 5.41) is 7.03. The Labute approximate surface area is 188 Å². The van der Waals surface area contributed by atoms with Gasteiger partial charge in [-0.15, -0.1) is 0 Å². The van der Waals surface area contributed by atoms with Crippen molar-refractivity contribution in [2.45, 2.75) is 38.8 Å². The van der Waals surface area contributed by atoms with E-state index < -0.39 is 5.54 Å². The summed E-state index contributed by atoms with van der Waals surface area (Å²) >= 11 is 6.05. The van der Waals surface area contributed by atoms with Gasteiger partial charge in [0.2, 0.25) is 5.91 Å². The van der Waals surface area contributed by atoms with Crippen molar-refractivity contribution >= 4 is 29.1 Å². The number of allylic oxidation sites excluding steroid dienone is 3. The molecule has 0 saturated carbocycles. The van der Waals surface area contributed by atoms with Gasteiger partial charge >= 0.3 is 0 Å². The SMILES string of the molecule is C/C=C\C=C(/C(C)N)N1N=C(C(=O)N2CCN(C)C(=O)C2)CC1(C)c1ccc(Cl)cn1. The number of nitrogens with two attached hydrogens (primary N) is 1. The first-order chi connectivity index (χ1) is 14.7. The molecule has 0 spiro atoms. The van der Waals surface area contributed by atoms with Crippen LogP contribution in [0.1, 0.15) is 32.9 Å². The van der Waals surface area contributed by atoms with Crippen molar-refractivity contribution in [3.05, 3.63) is 53.0 Å². The maximum absolute atomic E-state index is 13.3. The second-order valence-corrected chi connectivity index (χ2v) is 8.56. The highest BCUT2D eigenvalue weighted by Gasteiger charge is 2.46. The molecule has 1 aromatic rings. The van der Waals surface area contributed by atoms with E-state index in [0.29, 0.717) is 30.2 Å². The molecule has 2 aliphatic heterocycles. The third kappa shape index (κ3) is 4.65. The van der Waals surface area contributed by atoms with Gasteiger partial charge in [-0.05, 0) is 39.0 Å². The minimum Gasteiger partial charge on any atom is -0.342 e. The average Bonchev–Trinajstić information content (AvgIpc) is 3.08. The van der Waals surface area contributed by atoms with Crippen molar-refractivity contribution in [2.75, 3.05) is 26.7 Å². The number of nitrogens with zero attached hydrogens (tertiary/aromatic N) is 5. The van der Waals surface area contributed by atoms with Crippen LogP contribution in [-0.2, 0) is 15.1 Å². The van der Waals surface area contributed by atoms with Crippen LogP contribution in [0.3, 0.4) is 0 Å². The summed E-state index contributed by atoms with van der Waals surface area (Å²) in [6, 6.07) is 3.28. The summed E-state index contributed by atoms with van der Waals surface area (Å²) in [6.45, 7) is 6.81. The predicted molar refractivity (Wildman–Crippen MR) is 121 cm³/mol. The Morgan fingerprint density at radius 2 is 2.10 bits per heavy atom. The molecule has 0 bridgehead atoms. The van der Waals surface area contributed by atoms with E-state index in [9.17, 15) is 9.59 Å². The Kier molecular flexibility index (Phi) is 6.81. The molecule has 3 rings (SSSR count). The zero-order valence-corrected chi connectivity index (χ0v) is 19.1. The summed E-state index contributed by atoms with van der Waals surface area (Å²) in [6.07, 6.45) is 7.61. The lowest BCUT2D eigenvalue weighted by atomic mass is 9.89. The summed E-state index contributed by atoms with van der Waals surface area (Å²) in [7, 11) is 1.74. The van der Waals surface area contributed by atoms with E-state index >= 15 is 0 Å². The molecule has 1 saturated heterocycles. The number of carbonyl (C=O) groups is 2. The molecule has 1 aromatic heterocycles. The van der Waals surface area contributed by atoms with Crippen LogP contribution in [-0.4, -0.2) is 70.0 Å². The maximum atomic E-state index is 13.3. The first-order valence-corrected chi connectivity index (χ1v) is 10.7. The molecule has 2 amide bonds. The fourth-order valence-corrected chi connectivity index (χ4v) is 3.86. The third-order valence-electron chi connectivity index (χ3n) is 5.64. The van der Waals surface area contributed by atoms with Crippen molar-refractivity contribution < 1.29 is 9.59 Å². The zero-order valence-electron chi connectivity index (χ0n) is 18.4. The lowest BCUT2D eigenvalue weighted by molar-refractivity contribution is -0.140. The first kappa shape index (κ1) is 23.0. The van der Waals surface area contributed by atoms with E-state index in [1.807, 2.05) is 45.1 Å². The number of hydrazone groups is 1. The molecule has 3 heterocycles. The van der Waals surface area contributed by atoms with Gasteiger partial charge < -0.3 is 15.5 Å². The lowest BCUT2D eigenvalue weighted by Gasteiger charge is -2.36. The van der Waals surface area contributed by atoms with Gasteiger partial charge in [-0.1, -0.05) is 23.8 Å². The maximum Gasteiger partial charge on any atom is 0.270 e. The number of hydrogen-bond acceptors (Lipinski definition) is 6. The summed E-state index contributed by atoms with van der Waals surface area (Å²) in [5.74, 6) is -0.319. The van der Waals surface area contributed by atoms with E-state index in [2.05, 4.69) is 4.98 Å². The highest BCUT2D eigenvalue weighted by Crippen LogP contribution is 2.40. The van der Waals surface area contributed by atoms with Crippen LogP contribution >= 0.6 is 11.6 Å². The van der Waals surface area contributed by atoms with Crippen molar-refractivity contribution in [1.82, 2.24) is 19.8 Å². The normalized spacial score (nSPS) is 23.5. The van der Waals surface area contributed by atoms with Crippen LogP contribution in [0.25, 0.3) is 0 Å². The molecule has 9 heteroatoms. The summed E-state index contributed by atoms with van der Waals surface area (Å²) in [4.78, 5) is 33.1. The van der Waals surface area contributed by atoms with E-state index in [0.717, 1.165) is 11.4 Å². The Balaban J connectivity index is 2.01. The van der Waals surface area contributed by atoms with Gasteiger partial charge in [0.15, 0.2) is 0 Å². The highest BCUT2D eigenvalue weighted by atomic mass is 35.5. The van der Waals surface area contributed by atoms with Crippen molar-refractivity contribution in [3.63, 3.8) is 0 Å². The quantitative estimate of drug-likeness (QED) is 0.702. The number of halogens is 1. The number of hydrogen-bond donors (Lipinski definition) is 1. The van der Waals surface area contributed by atoms with Gasteiger partial charge in [0.25, 0.3) is 5.91 Å². The van der Waals surface area contributed by atoms with Gasteiger partial charge in [-0.3, -0.25) is 19.6 Å². The van der Waals surface area contributed by atoms with Gasteiger partial charge in [-0.2, -0.15) is 5.10 Å². The molecule has 31 heavy (non-hydrogen) atoms. The average molecular weight is 445 g/mol. The standard InChI is InChI=1S/C22H29ClN6O2/c1-5-6-7-18(15(2)24)29-22(3,19-9-8-16(23)13-25-19)12-17(26-29)21(31)28-11-10-27(4)20(30)14-28/h5-9,13,15H,10-12,14,24H2,1-4H3/b6-5-,18-7+. The Hall–Kier alpha value is -2.71. The van der Waals surface area contributed by atoms with E-state index in [4.69, 9.17) is 22.4 Å². The Bertz CT molecular complexity index is 940. The Morgan fingerprint density at radius 1 is 1.35 bits per heavy atom. The molecule has 0 aliphatic carbocycles. The molecule has 1 fully saturated rings. The van der Waals surface area contributed by atoms with E-state index in [-0.39, 0.29) is 24.4 Å². The molecular formula is C22H29ClN6O2. The number of carbonyl (C=O) groups excluding carboxylic acids is 2. The monoisotopic (exact) mass is 444 g/mol. The minimum absolute atomic E-state index is 0.0544. The summed E-state index contributed by atoms with van der Waals surface area (Å²) in [5.41, 5.74) is 7.41. The number of likely N-dealkylation sites (N-methyl/N-ethyl adjacent to an activating group) is 1. The number of aromatic nitrogens is 1. The molecule has 2 unspecified atom stereocenters. The lowest BCUT2D eigenvalue weighted by Crippen LogP contribution is -2.52. The molecule has 8 nitrogen and oxygen atoms in total. The molecule has 2 N–H and O–H groups in total. The zero-order chi connectivity index (χ0) is 22.8. The second-order valence-electron chi connectivity index (χ2n) is 8.12. The minimum atomic E-state index is -0.729. The van der Waals surface area contributed by atoms with Gasteiger partial charge in [-0.25, -0.2) is 0 Å². The van der Waals surface area contributed by atoms with Crippen LogP contribution in [0.5, 0.6) is 0 Å². The summed E-state index contributed by atoms with van der Waals surface area (Å²) < 4.78 is 0. The fourth-order valence-electron chi connectivity index (χ4n) is 3.75. The smallest absolute Gasteiger partial charge is 0.270 e. The van der Waals surface area contributed by atoms with E-state index in [1.54, 1.807) is 34.1 Å². The number of amides is 2. The van der Waals surface area contributed by atoms with Crippen molar-refractivity contribution in [1.29, 1.82) is 0 Å². The predicted octanol–water partition coefficient (Wildman–Crippen LogP) is 2.12. The van der Waals surface area contributed by atoms with Crippen LogP contribution < -0.4 is 5.73 Å². The molecule has 0 radical (unpaired) electrons. The van der Waals surface area contributed by atoms with Gasteiger partial charge in [0.05, 0.1) is 16.4 Å². The van der Waals surface area contributed by atoms with Crippen molar-refractivity contribution in [3.8, 4) is 0 Å². The molecule has 2 atom stereocenters. The molecule has 0 aromatic carbocycles. The largest absolute Gasteiger partial charge is 0.342 e. The van der Waals surface area contributed by atoms with Crippen molar-refractivity contribution in [2.24, 2.45) is 10.8 Å². The van der Waals surface area contributed by atoms with Crippen LogP contribution in [0, 0.1) is 0 Å². The fraction of sp³-hybridized carbons (Fsp3) is 0.455. The molecular weight excluding hydrogens is 416 g/mol. The first-order valence-electron chi connectivity index (χ1n) is 10.3. The number of rotatable bonds is 5.